The number of alkyl halides is 3. The number of anilines is 1. The molecule has 180 valence electrons. The summed E-state index contributed by atoms with van der Waals surface area (Å²) in [6.07, 6.45) is 1.57. The highest BCUT2D eigenvalue weighted by molar-refractivity contribution is 6.02. The summed E-state index contributed by atoms with van der Waals surface area (Å²) in [5.41, 5.74) is 3.30. The van der Waals surface area contributed by atoms with Gasteiger partial charge in [0.15, 0.2) is 11.4 Å². The zero-order chi connectivity index (χ0) is 24.2. The number of furan rings is 1. The van der Waals surface area contributed by atoms with E-state index in [9.17, 15) is 18.0 Å². The lowest BCUT2D eigenvalue weighted by Gasteiger charge is -2.43. The number of carboxylic acid groups (broad SMARTS) is 1. The van der Waals surface area contributed by atoms with E-state index in [2.05, 4.69) is 36.3 Å². The first-order valence-electron chi connectivity index (χ1n) is 10.9. The van der Waals surface area contributed by atoms with E-state index in [1.54, 1.807) is 12.1 Å². The SMILES string of the molecule is Cc1cc([N+]2(N3CCC[C@@H]3C)CCCC2)ccc1NC(=O)c1ccco1.O=C(O)C(F)(F)F. The molecular formula is C23H29F3N3O4+. The first kappa shape index (κ1) is 24.8. The van der Waals surface area contributed by atoms with Gasteiger partial charge in [-0.05, 0) is 50.5 Å². The molecule has 0 saturated carbocycles. The van der Waals surface area contributed by atoms with Gasteiger partial charge in [-0.1, -0.05) is 0 Å². The lowest BCUT2D eigenvalue weighted by molar-refractivity contribution is -0.192. The number of quaternary nitrogens is 1. The van der Waals surface area contributed by atoms with Gasteiger partial charge in [0.2, 0.25) is 0 Å². The fraction of sp³-hybridized carbons (Fsp3) is 0.478. The van der Waals surface area contributed by atoms with Crippen molar-refractivity contribution < 1.29 is 32.3 Å². The minimum atomic E-state index is -5.08. The zero-order valence-corrected chi connectivity index (χ0v) is 18.7. The van der Waals surface area contributed by atoms with Crippen molar-refractivity contribution in [2.24, 2.45) is 0 Å². The van der Waals surface area contributed by atoms with Crippen LogP contribution < -0.4 is 9.91 Å². The van der Waals surface area contributed by atoms with Crippen LogP contribution in [0, 0.1) is 6.92 Å². The molecule has 2 saturated heterocycles. The summed E-state index contributed by atoms with van der Waals surface area (Å²) in [5.74, 6) is -2.63. The molecule has 2 aromatic rings. The van der Waals surface area contributed by atoms with Crippen molar-refractivity contribution in [2.45, 2.75) is 51.7 Å². The second-order valence-corrected chi connectivity index (χ2v) is 8.46. The number of hydrogen-bond acceptors (Lipinski definition) is 4. The number of carboxylic acids is 1. The summed E-state index contributed by atoms with van der Waals surface area (Å²) < 4.78 is 37.9. The Hall–Kier alpha value is -2.85. The Morgan fingerprint density at radius 1 is 1.18 bits per heavy atom. The van der Waals surface area contributed by atoms with Crippen molar-refractivity contribution in [3.63, 3.8) is 0 Å². The van der Waals surface area contributed by atoms with E-state index < -0.39 is 12.1 Å². The van der Waals surface area contributed by atoms with E-state index in [1.165, 1.54) is 57.3 Å². The molecular weight excluding hydrogens is 439 g/mol. The average Bonchev–Trinajstić information content (AvgIpc) is 3.51. The van der Waals surface area contributed by atoms with Gasteiger partial charge in [0.1, 0.15) is 13.1 Å². The van der Waals surface area contributed by atoms with E-state index >= 15 is 0 Å². The molecule has 1 amide bonds. The van der Waals surface area contributed by atoms with Crippen LogP contribution in [0.25, 0.3) is 0 Å². The van der Waals surface area contributed by atoms with Crippen molar-refractivity contribution in [2.75, 3.05) is 25.0 Å². The van der Waals surface area contributed by atoms with E-state index in [-0.39, 0.29) is 5.91 Å². The molecule has 4 rings (SSSR count). The normalized spacial score (nSPS) is 20.2. The molecule has 0 unspecified atom stereocenters. The smallest absolute Gasteiger partial charge is 0.475 e. The minimum Gasteiger partial charge on any atom is -0.475 e. The summed E-state index contributed by atoms with van der Waals surface area (Å²) in [7, 11) is 0. The quantitative estimate of drug-likeness (QED) is 0.619. The second kappa shape index (κ2) is 9.96. The van der Waals surface area contributed by atoms with E-state index in [0.29, 0.717) is 11.8 Å². The van der Waals surface area contributed by atoms with Gasteiger partial charge in [-0.3, -0.25) is 4.79 Å². The van der Waals surface area contributed by atoms with Crippen LogP contribution in [0.15, 0.2) is 41.0 Å². The van der Waals surface area contributed by atoms with Crippen LogP contribution in [0.2, 0.25) is 0 Å². The number of rotatable bonds is 4. The molecule has 2 N–H and O–H groups in total. The first-order chi connectivity index (χ1) is 15.5. The van der Waals surface area contributed by atoms with E-state index in [1.807, 2.05) is 6.07 Å². The zero-order valence-electron chi connectivity index (χ0n) is 18.7. The standard InChI is InChI=1S/C21H27N3O2.C2HF3O2/c1-16-15-18(9-10-19(16)22-21(25)20-8-6-14-26-20)24(12-3-4-13-24)23-11-5-7-17(23)2;3-2(4,5)1(6)7/h6,8-10,14-15,17H,3-5,7,11-13H2,1-2H3;(H,6,7)/p+1/t17-;/m0./s1. The van der Waals surface area contributed by atoms with Gasteiger partial charge < -0.3 is 14.8 Å². The number of aryl methyl sites for hydroxylation is 1. The molecule has 0 aliphatic carbocycles. The molecule has 0 spiro atoms. The summed E-state index contributed by atoms with van der Waals surface area (Å²) in [4.78, 5) is 21.2. The molecule has 0 radical (unpaired) electrons. The Balaban J connectivity index is 0.000000383. The number of aliphatic carboxylic acids is 1. The first-order valence-corrected chi connectivity index (χ1v) is 10.9. The molecule has 33 heavy (non-hydrogen) atoms. The average molecular weight is 468 g/mol. The Kier molecular flexibility index (Phi) is 7.48. The number of amides is 1. The second-order valence-electron chi connectivity index (χ2n) is 8.46. The molecule has 10 heteroatoms. The highest BCUT2D eigenvalue weighted by atomic mass is 19.4. The third-order valence-electron chi connectivity index (χ3n) is 6.24. The van der Waals surface area contributed by atoms with Crippen LogP contribution >= 0.6 is 0 Å². The van der Waals surface area contributed by atoms with Gasteiger partial charge in [-0.2, -0.15) is 13.2 Å². The maximum atomic E-state index is 12.3. The number of benzene rings is 1. The fourth-order valence-electron chi connectivity index (χ4n) is 4.65. The topological polar surface area (TPSA) is 82.8 Å². The number of carbonyl (C=O) groups is 2. The van der Waals surface area contributed by atoms with Gasteiger partial charge in [0.25, 0.3) is 5.91 Å². The maximum Gasteiger partial charge on any atom is 0.490 e. The van der Waals surface area contributed by atoms with Crippen molar-refractivity contribution >= 4 is 23.3 Å². The number of carbonyl (C=O) groups excluding carboxylic acids is 1. The molecule has 1 aromatic heterocycles. The number of nitrogens with zero attached hydrogens (tertiary/aromatic N) is 2. The van der Waals surface area contributed by atoms with Crippen molar-refractivity contribution in [3.8, 4) is 0 Å². The Morgan fingerprint density at radius 2 is 1.85 bits per heavy atom. The molecule has 1 atom stereocenters. The summed E-state index contributed by atoms with van der Waals surface area (Å²) in [5, 5.41) is 12.8. The molecule has 1 aromatic carbocycles. The highest BCUT2D eigenvalue weighted by Gasteiger charge is 2.45. The summed E-state index contributed by atoms with van der Waals surface area (Å²) in [6.45, 7) is 7.97. The Labute approximate surface area is 190 Å². The number of hydrogen-bond donors (Lipinski definition) is 2. The van der Waals surface area contributed by atoms with Crippen LogP contribution in [0.1, 0.15) is 48.7 Å². The monoisotopic (exact) mass is 468 g/mol. The van der Waals surface area contributed by atoms with E-state index in [4.69, 9.17) is 14.3 Å². The molecule has 7 nitrogen and oxygen atoms in total. The van der Waals surface area contributed by atoms with Gasteiger partial charge >= 0.3 is 12.1 Å². The van der Waals surface area contributed by atoms with Crippen LogP contribution in [-0.4, -0.2) is 53.8 Å². The van der Waals surface area contributed by atoms with E-state index in [0.717, 1.165) is 15.8 Å². The van der Waals surface area contributed by atoms with Crippen LogP contribution in [0.4, 0.5) is 24.5 Å². The Bertz CT molecular complexity index is 970. The number of halogens is 3. The summed E-state index contributed by atoms with van der Waals surface area (Å²) in [6, 6.07) is 10.5. The third-order valence-corrected chi connectivity index (χ3v) is 6.24. The van der Waals surface area contributed by atoms with Crippen LogP contribution in [0.5, 0.6) is 0 Å². The minimum absolute atomic E-state index is 0.205. The van der Waals surface area contributed by atoms with Crippen LogP contribution in [-0.2, 0) is 4.79 Å². The highest BCUT2D eigenvalue weighted by Crippen LogP contribution is 2.38. The molecule has 2 aliphatic heterocycles. The van der Waals surface area contributed by atoms with Crippen LogP contribution in [0.3, 0.4) is 0 Å². The van der Waals surface area contributed by atoms with Crippen molar-refractivity contribution in [1.29, 1.82) is 0 Å². The third kappa shape index (κ3) is 5.56. The van der Waals surface area contributed by atoms with Gasteiger partial charge in [0.05, 0.1) is 12.3 Å². The molecule has 2 fully saturated rings. The predicted molar refractivity (Wildman–Crippen MR) is 118 cm³/mol. The maximum absolute atomic E-state index is 12.3. The fourth-order valence-corrected chi connectivity index (χ4v) is 4.65. The van der Waals surface area contributed by atoms with Crippen molar-refractivity contribution in [1.82, 2.24) is 9.60 Å². The lowest BCUT2D eigenvalue weighted by atomic mass is 10.1. The van der Waals surface area contributed by atoms with Gasteiger partial charge in [0, 0.05) is 37.2 Å². The number of nitrogens with one attached hydrogen (secondary N) is 1. The van der Waals surface area contributed by atoms with Crippen molar-refractivity contribution in [3.05, 3.63) is 47.9 Å². The lowest BCUT2D eigenvalue weighted by Crippen LogP contribution is -2.61. The summed E-state index contributed by atoms with van der Waals surface area (Å²) >= 11 is 0. The molecule has 2 aliphatic rings. The molecule has 0 bridgehead atoms. The van der Waals surface area contributed by atoms with Gasteiger partial charge in [-0.15, -0.1) is 5.01 Å². The molecule has 3 heterocycles. The largest absolute Gasteiger partial charge is 0.490 e. The Morgan fingerprint density at radius 3 is 2.33 bits per heavy atom. The predicted octanol–water partition coefficient (Wildman–Crippen LogP) is 4.97. The van der Waals surface area contributed by atoms with Gasteiger partial charge in [-0.25, -0.2) is 9.39 Å².